The number of nitrogens with zero attached hydrogens (tertiary/aromatic N) is 2. The van der Waals surface area contributed by atoms with Crippen LogP contribution < -0.4 is 0 Å². The van der Waals surface area contributed by atoms with Crippen molar-refractivity contribution in [3.05, 3.63) is 40.5 Å². The largest absolute Gasteiger partial charge is 0.455 e. The van der Waals surface area contributed by atoms with Gasteiger partial charge in [-0.1, -0.05) is 28.1 Å². The molecule has 1 aromatic heterocycles. The summed E-state index contributed by atoms with van der Waals surface area (Å²) in [5, 5.41) is 4.39. The Labute approximate surface area is 143 Å². The summed E-state index contributed by atoms with van der Waals surface area (Å²) in [5.74, 6) is -0.578. The van der Waals surface area contributed by atoms with Crippen LogP contribution in [0.25, 0.3) is 11.3 Å². The zero-order valence-corrected chi connectivity index (χ0v) is 15.2. The van der Waals surface area contributed by atoms with Gasteiger partial charge in [0, 0.05) is 10.0 Å². The Bertz CT molecular complexity index is 745. The van der Waals surface area contributed by atoms with Gasteiger partial charge in [-0.05, 0) is 45.9 Å². The van der Waals surface area contributed by atoms with Crippen LogP contribution >= 0.6 is 15.9 Å². The highest BCUT2D eigenvalue weighted by molar-refractivity contribution is 9.10. The van der Waals surface area contributed by atoms with E-state index in [9.17, 15) is 9.59 Å². The number of carbonyl (C=O) groups is 2. The Kier molecular flexibility index (Phi) is 5.04. The van der Waals surface area contributed by atoms with E-state index in [4.69, 9.17) is 4.74 Å². The van der Waals surface area contributed by atoms with E-state index in [0.717, 1.165) is 10.0 Å². The normalized spacial score (nSPS) is 11.3. The Morgan fingerprint density at radius 1 is 1.26 bits per heavy atom. The van der Waals surface area contributed by atoms with Gasteiger partial charge in [-0.15, -0.1) is 0 Å². The minimum Gasteiger partial charge on any atom is -0.455 e. The molecule has 2 aromatic rings. The molecule has 1 aromatic carbocycles. The van der Waals surface area contributed by atoms with E-state index in [-0.39, 0.29) is 18.0 Å². The summed E-state index contributed by atoms with van der Waals surface area (Å²) in [4.78, 5) is 23.8. The quantitative estimate of drug-likeness (QED) is 0.757. The molecule has 0 atom stereocenters. The zero-order valence-electron chi connectivity index (χ0n) is 13.6. The van der Waals surface area contributed by atoms with E-state index >= 15 is 0 Å². The van der Waals surface area contributed by atoms with E-state index in [0.29, 0.717) is 5.69 Å². The summed E-state index contributed by atoms with van der Waals surface area (Å²) in [6.45, 7) is 6.88. The van der Waals surface area contributed by atoms with Gasteiger partial charge in [0.2, 0.25) is 0 Å². The predicted octanol–water partition coefficient (Wildman–Crippen LogP) is 3.86. The fraction of sp³-hybridized carbons (Fsp3) is 0.353. The number of benzene rings is 1. The van der Waals surface area contributed by atoms with Gasteiger partial charge in [-0.3, -0.25) is 9.48 Å². The number of hydrogen-bond acceptors (Lipinski definition) is 4. The van der Waals surface area contributed by atoms with Crippen LogP contribution in [0.4, 0.5) is 0 Å². The Morgan fingerprint density at radius 2 is 1.96 bits per heavy atom. The second-order valence-corrected chi connectivity index (χ2v) is 7.20. The third kappa shape index (κ3) is 4.76. The fourth-order valence-corrected chi connectivity index (χ4v) is 2.43. The van der Waals surface area contributed by atoms with Crippen molar-refractivity contribution in [2.45, 2.75) is 39.8 Å². The van der Waals surface area contributed by atoms with Crippen molar-refractivity contribution in [1.29, 1.82) is 0 Å². The summed E-state index contributed by atoms with van der Waals surface area (Å²) >= 11 is 3.41. The van der Waals surface area contributed by atoms with Crippen molar-refractivity contribution in [3.63, 3.8) is 0 Å². The number of Topliss-reactive ketones (excluding diaryl/α,β-unsaturated/α-hetero) is 1. The zero-order chi connectivity index (χ0) is 17.2. The van der Waals surface area contributed by atoms with Gasteiger partial charge < -0.3 is 4.74 Å². The molecule has 0 fully saturated rings. The number of carbonyl (C=O) groups excluding carboxylic acids is 2. The van der Waals surface area contributed by atoms with Crippen molar-refractivity contribution >= 4 is 27.7 Å². The summed E-state index contributed by atoms with van der Waals surface area (Å²) in [6.07, 6.45) is 0. The molecule has 0 saturated heterocycles. The van der Waals surface area contributed by atoms with Gasteiger partial charge in [-0.25, -0.2) is 4.79 Å². The number of ketones is 1. The molecule has 0 unspecified atom stereocenters. The SMILES string of the molecule is CC(=O)Cn1nc(-c2cccc(Br)c2)cc1C(=O)OC(C)(C)C. The van der Waals surface area contributed by atoms with Gasteiger partial charge in [0.25, 0.3) is 0 Å². The maximum Gasteiger partial charge on any atom is 0.357 e. The highest BCUT2D eigenvalue weighted by Gasteiger charge is 2.23. The van der Waals surface area contributed by atoms with Gasteiger partial charge >= 0.3 is 5.97 Å². The van der Waals surface area contributed by atoms with Crippen LogP contribution in [0, 0.1) is 0 Å². The molecule has 0 aliphatic rings. The smallest absolute Gasteiger partial charge is 0.357 e. The molecule has 6 heteroatoms. The molecule has 0 bridgehead atoms. The summed E-state index contributed by atoms with van der Waals surface area (Å²) in [5.41, 5.74) is 1.13. The average molecular weight is 379 g/mol. The van der Waals surface area contributed by atoms with E-state index in [2.05, 4.69) is 21.0 Å². The molecule has 0 amide bonds. The number of ether oxygens (including phenoxy) is 1. The lowest BCUT2D eigenvalue weighted by Crippen LogP contribution is -2.26. The first kappa shape index (κ1) is 17.4. The lowest BCUT2D eigenvalue weighted by Gasteiger charge is -2.19. The van der Waals surface area contributed by atoms with E-state index in [1.54, 1.807) is 26.8 Å². The third-order valence-electron chi connectivity index (χ3n) is 2.88. The molecule has 0 aliphatic carbocycles. The topological polar surface area (TPSA) is 61.2 Å². The van der Waals surface area contributed by atoms with Crippen LogP contribution in [-0.2, 0) is 16.1 Å². The molecule has 0 saturated carbocycles. The summed E-state index contributed by atoms with van der Waals surface area (Å²) < 4.78 is 7.71. The Hall–Kier alpha value is -1.95. The van der Waals surface area contributed by atoms with Crippen molar-refractivity contribution < 1.29 is 14.3 Å². The first-order valence-electron chi connectivity index (χ1n) is 7.22. The van der Waals surface area contributed by atoms with Crippen LogP contribution in [0.15, 0.2) is 34.8 Å². The molecule has 122 valence electrons. The number of esters is 1. The molecule has 23 heavy (non-hydrogen) atoms. The molecule has 5 nitrogen and oxygen atoms in total. The standard InChI is InChI=1S/C17H19BrN2O3/c1-11(21)10-20-15(16(22)23-17(2,3)4)9-14(19-20)12-6-5-7-13(18)8-12/h5-9H,10H2,1-4H3. The van der Waals surface area contributed by atoms with Crippen LogP contribution in [-0.4, -0.2) is 27.1 Å². The van der Waals surface area contributed by atoms with Gasteiger partial charge in [-0.2, -0.15) is 5.10 Å². The number of hydrogen-bond donors (Lipinski definition) is 0. The summed E-state index contributed by atoms with van der Waals surface area (Å²) in [7, 11) is 0. The molecule has 1 heterocycles. The molecular weight excluding hydrogens is 360 g/mol. The van der Waals surface area contributed by atoms with Gasteiger partial charge in [0.1, 0.15) is 17.8 Å². The first-order valence-corrected chi connectivity index (χ1v) is 8.01. The predicted molar refractivity (Wildman–Crippen MR) is 91.2 cm³/mol. The highest BCUT2D eigenvalue weighted by Crippen LogP contribution is 2.24. The monoisotopic (exact) mass is 378 g/mol. The molecule has 0 radical (unpaired) electrons. The molecular formula is C17H19BrN2O3. The second kappa shape index (κ2) is 6.66. The minimum absolute atomic E-state index is 0.0303. The first-order chi connectivity index (χ1) is 10.7. The Morgan fingerprint density at radius 3 is 2.52 bits per heavy atom. The van der Waals surface area contributed by atoms with Crippen LogP contribution in [0.5, 0.6) is 0 Å². The molecule has 0 spiro atoms. The van der Waals surface area contributed by atoms with Crippen molar-refractivity contribution in [1.82, 2.24) is 9.78 Å². The van der Waals surface area contributed by atoms with Gasteiger partial charge in [0.05, 0.1) is 5.69 Å². The van der Waals surface area contributed by atoms with Crippen LogP contribution in [0.1, 0.15) is 38.2 Å². The maximum absolute atomic E-state index is 12.4. The fourth-order valence-electron chi connectivity index (χ4n) is 2.03. The van der Waals surface area contributed by atoms with E-state index in [1.165, 1.54) is 11.6 Å². The van der Waals surface area contributed by atoms with Crippen molar-refractivity contribution in [2.24, 2.45) is 0 Å². The van der Waals surface area contributed by atoms with Crippen molar-refractivity contribution in [3.8, 4) is 11.3 Å². The van der Waals surface area contributed by atoms with Gasteiger partial charge in [0.15, 0.2) is 5.78 Å². The summed E-state index contributed by atoms with van der Waals surface area (Å²) in [6, 6.07) is 9.24. The number of aromatic nitrogens is 2. The average Bonchev–Trinajstić information content (AvgIpc) is 2.80. The molecule has 0 N–H and O–H groups in total. The van der Waals surface area contributed by atoms with E-state index < -0.39 is 11.6 Å². The molecule has 0 aliphatic heterocycles. The second-order valence-electron chi connectivity index (χ2n) is 6.29. The lowest BCUT2D eigenvalue weighted by molar-refractivity contribution is -0.117. The highest BCUT2D eigenvalue weighted by atomic mass is 79.9. The van der Waals surface area contributed by atoms with Crippen molar-refractivity contribution in [2.75, 3.05) is 0 Å². The Balaban J connectivity index is 2.44. The minimum atomic E-state index is -0.613. The van der Waals surface area contributed by atoms with Crippen LogP contribution in [0.2, 0.25) is 0 Å². The maximum atomic E-state index is 12.4. The van der Waals surface area contributed by atoms with E-state index in [1.807, 2.05) is 24.3 Å². The number of halogens is 1. The third-order valence-corrected chi connectivity index (χ3v) is 3.37. The number of rotatable bonds is 4. The molecule has 2 rings (SSSR count). The van der Waals surface area contributed by atoms with Crippen LogP contribution in [0.3, 0.4) is 0 Å². The lowest BCUT2D eigenvalue weighted by atomic mass is 10.1.